The van der Waals surface area contributed by atoms with Gasteiger partial charge in [0.1, 0.15) is 6.04 Å². The number of hydrogen-bond acceptors (Lipinski definition) is 7. The molecule has 2 amide bonds. The van der Waals surface area contributed by atoms with Crippen LogP contribution < -0.4 is 9.80 Å². The number of cyclic esters (lactones) is 1. The van der Waals surface area contributed by atoms with Gasteiger partial charge in [0.25, 0.3) is 5.91 Å². The van der Waals surface area contributed by atoms with Crippen molar-refractivity contribution in [2.45, 2.75) is 55.7 Å². The number of amides is 2. The Bertz CT molecular complexity index is 1170. The van der Waals surface area contributed by atoms with Crippen molar-refractivity contribution in [1.82, 2.24) is 4.90 Å². The molecule has 6 atom stereocenters. The highest BCUT2D eigenvalue weighted by Crippen LogP contribution is 2.65. The summed E-state index contributed by atoms with van der Waals surface area (Å²) in [4.78, 5) is 47.4. The summed E-state index contributed by atoms with van der Waals surface area (Å²) in [5.74, 6) is -2.38. The lowest BCUT2D eigenvalue weighted by atomic mass is 9.74. The highest BCUT2D eigenvalue weighted by Gasteiger charge is 2.74. The predicted molar refractivity (Wildman–Crippen MR) is 149 cm³/mol. The minimum atomic E-state index is -0.958. The Morgan fingerprint density at radius 2 is 1.79 bits per heavy atom. The Labute approximate surface area is 228 Å². The van der Waals surface area contributed by atoms with E-state index in [-0.39, 0.29) is 25.0 Å². The molecule has 0 bridgehead atoms. The van der Waals surface area contributed by atoms with Crippen LogP contribution in [0.15, 0.2) is 48.6 Å². The number of anilines is 2. The third-order valence-corrected chi connectivity index (χ3v) is 10.3. The van der Waals surface area contributed by atoms with Gasteiger partial charge in [0.05, 0.1) is 35.8 Å². The Morgan fingerprint density at radius 3 is 2.45 bits per heavy atom. The number of nitrogens with zero attached hydrogens (tertiary/aromatic N) is 3. The van der Waals surface area contributed by atoms with E-state index in [4.69, 9.17) is 4.74 Å². The van der Waals surface area contributed by atoms with Crippen molar-refractivity contribution in [3.8, 4) is 0 Å². The second-order valence-electron chi connectivity index (χ2n) is 10.7. The lowest BCUT2D eigenvalue weighted by Crippen LogP contribution is -2.56. The Balaban J connectivity index is 1.59. The van der Waals surface area contributed by atoms with Gasteiger partial charge < -0.3 is 24.5 Å². The average molecular weight is 540 g/mol. The van der Waals surface area contributed by atoms with Crippen molar-refractivity contribution in [2.75, 3.05) is 42.6 Å². The molecule has 5 rings (SSSR count). The fourth-order valence-electron chi connectivity index (χ4n) is 6.65. The molecule has 38 heavy (non-hydrogen) atoms. The average Bonchev–Trinajstić information content (AvgIpc) is 3.23. The van der Waals surface area contributed by atoms with E-state index in [1.54, 1.807) is 11.8 Å². The summed E-state index contributed by atoms with van der Waals surface area (Å²) in [7, 11) is 0. The smallest absolute Gasteiger partial charge is 0.311 e. The van der Waals surface area contributed by atoms with Gasteiger partial charge in [0, 0.05) is 35.8 Å². The quantitative estimate of drug-likeness (QED) is 0.439. The molecule has 204 valence electrons. The maximum atomic E-state index is 14.5. The Kier molecular flexibility index (Phi) is 7.11. The first kappa shape index (κ1) is 26.8. The van der Waals surface area contributed by atoms with Crippen LogP contribution in [0.3, 0.4) is 0 Å². The summed E-state index contributed by atoms with van der Waals surface area (Å²) < 4.78 is 3.91. The molecule has 9 heteroatoms. The Hall–Kier alpha value is -2.78. The van der Waals surface area contributed by atoms with Crippen LogP contribution in [0.2, 0.25) is 0 Å². The number of hydrogen-bond donors (Lipinski definition) is 1. The second-order valence-corrected chi connectivity index (χ2v) is 12.5. The molecule has 4 heterocycles. The van der Waals surface area contributed by atoms with Gasteiger partial charge in [0.15, 0.2) is 0 Å². The number of aliphatic hydroxyl groups excluding tert-OH is 1. The maximum absolute atomic E-state index is 14.5. The summed E-state index contributed by atoms with van der Waals surface area (Å²) in [5.41, 5.74) is 1.83. The highest BCUT2D eigenvalue weighted by molar-refractivity contribution is 8.02. The van der Waals surface area contributed by atoms with Gasteiger partial charge in [-0.05, 0) is 58.4 Å². The molecule has 0 aromatic heterocycles. The molecule has 2 fully saturated rings. The molecule has 8 nitrogen and oxygen atoms in total. The largest absolute Gasteiger partial charge is 0.465 e. The van der Waals surface area contributed by atoms with Gasteiger partial charge >= 0.3 is 5.97 Å². The van der Waals surface area contributed by atoms with Crippen LogP contribution in [0, 0.1) is 11.8 Å². The molecular formula is C29H37N3O5S. The summed E-state index contributed by atoms with van der Waals surface area (Å²) >= 11 is 1.51. The van der Waals surface area contributed by atoms with E-state index in [0.717, 1.165) is 24.5 Å². The first-order valence-corrected chi connectivity index (χ1v) is 14.4. The molecular weight excluding hydrogens is 502 g/mol. The first-order chi connectivity index (χ1) is 18.2. The fourth-order valence-corrected chi connectivity index (χ4v) is 8.79. The predicted octanol–water partition coefficient (Wildman–Crippen LogP) is 3.01. The molecule has 4 aliphatic rings. The summed E-state index contributed by atoms with van der Waals surface area (Å²) in [6.45, 7) is 10.0. The van der Waals surface area contributed by atoms with Crippen molar-refractivity contribution in [2.24, 2.45) is 11.8 Å². The maximum Gasteiger partial charge on any atom is 0.311 e. The third-order valence-electron chi connectivity index (χ3n) is 8.49. The number of carbonyl (C=O) groups excluding carboxylic acids is 3. The van der Waals surface area contributed by atoms with Crippen LogP contribution >= 0.6 is 11.8 Å². The Morgan fingerprint density at radius 1 is 1.08 bits per heavy atom. The van der Waals surface area contributed by atoms with Crippen LogP contribution in [0.5, 0.6) is 0 Å². The molecule has 2 saturated heterocycles. The molecule has 1 unspecified atom stereocenters. The molecule has 1 aromatic carbocycles. The van der Waals surface area contributed by atoms with E-state index in [9.17, 15) is 19.5 Å². The normalized spacial score (nSPS) is 33.2. The second kappa shape index (κ2) is 10.1. The van der Waals surface area contributed by atoms with Gasteiger partial charge in [-0.25, -0.2) is 0 Å². The number of rotatable bonds is 6. The van der Waals surface area contributed by atoms with E-state index in [1.165, 1.54) is 16.7 Å². The number of ether oxygens (including phenoxy) is 1. The van der Waals surface area contributed by atoms with Crippen molar-refractivity contribution >= 4 is 40.9 Å². The van der Waals surface area contributed by atoms with Crippen LogP contribution in [-0.2, 0) is 19.1 Å². The zero-order valence-corrected chi connectivity index (χ0v) is 23.3. The lowest BCUT2D eigenvalue weighted by Gasteiger charge is -2.39. The number of benzene rings is 1. The van der Waals surface area contributed by atoms with Crippen molar-refractivity contribution < 1.29 is 24.2 Å². The van der Waals surface area contributed by atoms with Gasteiger partial charge in [-0.2, -0.15) is 0 Å². The third kappa shape index (κ3) is 3.97. The summed E-state index contributed by atoms with van der Waals surface area (Å²) in [6.07, 6.45) is 8.57. The number of thioether (sulfide) groups is 1. The van der Waals surface area contributed by atoms with Crippen molar-refractivity contribution in [3.05, 3.63) is 48.6 Å². The number of esters is 1. The van der Waals surface area contributed by atoms with E-state index in [0.29, 0.717) is 13.0 Å². The fraction of sp³-hybridized carbons (Fsp3) is 0.552. The van der Waals surface area contributed by atoms with E-state index < -0.39 is 39.4 Å². The SMILES string of the molecule is CCN(CC)c1ccc(N2CC=C[C@]34S[C@@]5(C)C=CCCOC(=O)[C@H]5[C@H]3C(=O)N([C@H](C)CO)C4C2=O)cc1. The van der Waals surface area contributed by atoms with Crippen molar-refractivity contribution in [3.63, 3.8) is 0 Å². The van der Waals surface area contributed by atoms with Crippen LogP contribution in [0.1, 0.15) is 34.1 Å². The van der Waals surface area contributed by atoms with Gasteiger partial charge in [-0.3, -0.25) is 14.4 Å². The number of aliphatic hydroxyl groups is 1. The molecule has 4 aliphatic heterocycles. The molecule has 0 saturated carbocycles. The van der Waals surface area contributed by atoms with Gasteiger partial charge in [-0.1, -0.05) is 24.3 Å². The molecule has 0 radical (unpaired) electrons. The molecule has 0 aliphatic carbocycles. The van der Waals surface area contributed by atoms with Gasteiger partial charge in [-0.15, -0.1) is 11.8 Å². The van der Waals surface area contributed by atoms with E-state index in [2.05, 4.69) is 18.7 Å². The molecule has 1 aromatic rings. The van der Waals surface area contributed by atoms with Crippen LogP contribution in [0.4, 0.5) is 11.4 Å². The topological polar surface area (TPSA) is 90.4 Å². The van der Waals surface area contributed by atoms with E-state index in [1.807, 2.05) is 55.5 Å². The van der Waals surface area contributed by atoms with Gasteiger partial charge in [0.2, 0.25) is 5.91 Å². The number of fused-ring (bicyclic) bond motifs is 2. The zero-order chi connectivity index (χ0) is 27.2. The lowest BCUT2D eigenvalue weighted by molar-refractivity contribution is -0.154. The number of likely N-dealkylation sites (tertiary alicyclic amines) is 1. The minimum absolute atomic E-state index is 0.204. The highest BCUT2D eigenvalue weighted by atomic mass is 32.2. The summed E-state index contributed by atoms with van der Waals surface area (Å²) in [5, 5.41) is 10.1. The number of carbonyl (C=O) groups is 3. The zero-order valence-electron chi connectivity index (χ0n) is 22.5. The summed E-state index contributed by atoms with van der Waals surface area (Å²) in [6, 6.07) is 6.49. The van der Waals surface area contributed by atoms with Crippen LogP contribution in [-0.4, -0.2) is 82.2 Å². The molecule has 1 spiro atoms. The van der Waals surface area contributed by atoms with Crippen LogP contribution in [0.25, 0.3) is 0 Å². The minimum Gasteiger partial charge on any atom is -0.465 e. The standard InChI is InChI=1S/C29H37N3O5S/c1-5-30(6-2)20-10-12-21(13-11-20)31-16-9-15-29-22(25(34)32(19(3)18-33)24(29)26(31)35)23-27(36)37-17-8-7-14-28(23,4)38-29/h7,9-15,19,22-24,33H,5-6,8,16-18H2,1-4H3/t19-,22+,23-,24?,28+,29+/m1/s1. The molecule has 1 N–H and O–H groups in total. The monoisotopic (exact) mass is 539 g/mol. The van der Waals surface area contributed by atoms with E-state index >= 15 is 0 Å². The first-order valence-electron chi connectivity index (χ1n) is 13.5. The van der Waals surface area contributed by atoms with Crippen molar-refractivity contribution in [1.29, 1.82) is 0 Å².